The molecule has 0 aliphatic heterocycles. The van der Waals surface area contributed by atoms with Crippen LogP contribution in [0, 0.1) is 23.2 Å². The van der Waals surface area contributed by atoms with Gasteiger partial charge in [-0.05, 0) is 94.4 Å². The van der Waals surface area contributed by atoms with E-state index in [9.17, 15) is 13.2 Å². The summed E-state index contributed by atoms with van der Waals surface area (Å²) < 4.78 is 30.2. The molecule has 7 nitrogen and oxygen atoms in total. The number of carbonyl (C=O) groups is 1. The lowest BCUT2D eigenvalue weighted by Gasteiger charge is -2.55. The van der Waals surface area contributed by atoms with Crippen molar-refractivity contribution in [2.75, 3.05) is 5.32 Å². The van der Waals surface area contributed by atoms with Crippen LogP contribution in [0.1, 0.15) is 52.4 Å². The second kappa shape index (κ2) is 6.90. The van der Waals surface area contributed by atoms with Gasteiger partial charge in [0.15, 0.2) is 9.84 Å². The topological polar surface area (TPSA) is 102 Å². The van der Waals surface area contributed by atoms with Crippen molar-refractivity contribution in [2.24, 2.45) is 23.2 Å². The SMILES string of the molecule is CC(C)S(=O)(=O)c1ccc(-c2nnc(NC(=O)C34CC5CC(CC(C5)C3)C4)o2)cc1. The first-order chi connectivity index (χ1) is 14.2. The smallest absolute Gasteiger partial charge is 0.322 e. The van der Waals surface area contributed by atoms with Gasteiger partial charge in [0, 0.05) is 5.56 Å². The van der Waals surface area contributed by atoms with Crippen LogP contribution in [0.25, 0.3) is 11.5 Å². The standard InChI is InChI=1S/C22H27N3O4S/c1-13(2)30(27,28)18-5-3-17(4-6-18)19-24-25-21(29-19)23-20(26)22-10-14-7-15(11-22)9-16(8-14)12-22/h3-6,13-16H,7-12H2,1-2H3,(H,23,25,26). The van der Waals surface area contributed by atoms with Crippen molar-refractivity contribution in [3.8, 4) is 11.5 Å². The molecule has 1 aromatic heterocycles. The minimum absolute atomic E-state index is 0.00942. The average molecular weight is 430 g/mol. The third-order valence-corrected chi connectivity index (χ3v) is 9.39. The lowest BCUT2D eigenvalue weighted by molar-refractivity contribution is -0.140. The summed E-state index contributed by atoms with van der Waals surface area (Å²) in [6.45, 7) is 3.31. The van der Waals surface area contributed by atoms with E-state index < -0.39 is 15.1 Å². The molecule has 0 radical (unpaired) electrons. The molecule has 0 spiro atoms. The minimum Gasteiger partial charge on any atom is -0.403 e. The number of aromatic nitrogens is 2. The molecule has 160 valence electrons. The third-order valence-electron chi connectivity index (χ3n) is 7.22. The van der Waals surface area contributed by atoms with E-state index >= 15 is 0 Å². The number of amides is 1. The fourth-order valence-corrected chi connectivity index (χ4v) is 7.13. The summed E-state index contributed by atoms with van der Waals surface area (Å²) in [5.74, 6) is 2.31. The van der Waals surface area contributed by atoms with Crippen LogP contribution < -0.4 is 5.32 Å². The van der Waals surface area contributed by atoms with Gasteiger partial charge >= 0.3 is 6.01 Å². The molecule has 4 aliphatic rings. The molecule has 4 saturated carbocycles. The van der Waals surface area contributed by atoms with Gasteiger partial charge in [-0.2, -0.15) is 0 Å². The zero-order chi connectivity index (χ0) is 21.1. The predicted octanol–water partition coefficient (Wildman–Crippen LogP) is 4.07. The van der Waals surface area contributed by atoms with Gasteiger partial charge in [0.1, 0.15) is 0 Å². The highest BCUT2D eigenvalue weighted by Gasteiger charge is 2.54. The normalized spacial score (nSPS) is 30.0. The molecule has 1 N–H and O–H groups in total. The summed E-state index contributed by atoms with van der Waals surface area (Å²) in [5, 5.41) is 10.4. The van der Waals surface area contributed by atoms with Gasteiger partial charge in [-0.3, -0.25) is 10.1 Å². The lowest BCUT2D eigenvalue weighted by atomic mass is 9.49. The average Bonchev–Trinajstić information content (AvgIpc) is 3.15. The van der Waals surface area contributed by atoms with Crippen LogP contribution in [0.3, 0.4) is 0 Å². The van der Waals surface area contributed by atoms with E-state index in [1.165, 1.54) is 19.3 Å². The Kier molecular flexibility index (Phi) is 4.54. The molecule has 0 unspecified atom stereocenters. The van der Waals surface area contributed by atoms with Gasteiger partial charge in [-0.1, -0.05) is 5.10 Å². The first kappa shape index (κ1) is 19.7. The summed E-state index contributed by atoms with van der Waals surface area (Å²) in [7, 11) is -3.33. The quantitative estimate of drug-likeness (QED) is 0.768. The van der Waals surface area contributed by atoms with E-state index in [0.717, 1.165) is 19.3 Å². The van der Waals surface area contributed by atoms with Crippen LogP contribution in [-0.4, -0.2) is 29.8 Å². The Morgan fingerprint density at radius 2 is 1.60 bits per heavy atom. The predicted molar refractivity (Wildman–Crippen MR) is 111 cm³/mol. The molecular weight excluding hydrogens is 402 g/mol. The second-order valence-electron chi connectivity index (χ2n) is 9.68. The van der Waals surface area contributed by atoms with E-state index in [4.69, 9.17) is 4.42 Å². The van der Waals surface area contributed by atoms with Crippen molar-refractivity contribution >= 4 is 21.8 Å². The monoisotopic (exact) mass is 429 g/mol. The minimum atomic E-state index is -3.33. The molecule has 0 saturated heterocycles. The van der Waals surface area contributed by atoms with Gasteiger partial charge in [0.2, 0.25) is 11.8 Å². The molecule has 0 atom stereocenters. The van der Waals surface area contributed by atoms with Crippen LogP contribution in [0.15, 0.2) is 33.6 Å². The zero-order valence-corrected chi connectivity index (χ0v) is 18.1. The number of hydrogen-bond donors (Lipinski definition) is 1. The summed E-state index contributed by atoms with van der Waals surface area (Å²) in [5.41, 5.74) is 0.330. The highest BCUT2D eigenvalue weighted by Crippen LogP contribution is 2.60. The number of anilines is 1. The van der Waals surface area contributed by atoms with Crippen molar-refractivity contribution in [3.05, 3.63) is 24.3 Å². The number of nitrogens with one attached hydrogen (secondary N) is 1. The molecule has 6 rings (SSSR count). The van der Waals surface area contributed by atoms with Crippen LogP contribution in [0.5, 0.6) is 0 Å². The van der Waals surface area contributed by atoms with Gasteiger partial charge in [-0.25, -0.2) is 8.42 Å². The Morgan fingerprint density at radius 1 is 1.03 bits per heavy atom. The maximum atomic E-state index is 13.1. The molecule has 4 fully saturated rings. The molecule has 30 heavy (non-hydrogen) atoms. The largest absolute Gasteiger partial charge is 0.403 e. The third kappa shape index (κ3) is 3.25. The molecule has 1 amide bonds. The maximum absolute atomic E-state index is 13.1. The fraction of sp³-hybridized carbons (Fsp3) is 0.591. The lowest BCUT2D eigenvalue weighted by Crippen LogP contribution is -2.51. The van der Waals surface area contributed by atoms with Crippen molar-refractivity contribution in [2.45, 2.75) is 62.5 Å². The van der Waals surface area contributed by atoms with Crippen LogP contribution in [0.2, 0.25) is 0 Å². The first-order valence-corrected chi connectivity index (χ1v) is 12.3. The molecular formula is C22H27N3O4S. The van der Waals surface area contributed by atoms with E-state index in [0.29, 0.717) is 23.3 Å². The van der Waals surface area contributed by atoms with E-state index in [1.54, 1.807) is 38.1 Å². The van der Waals surface area contributed by atoms with E-state index in [1.807, 2.05) is 0 Å². The summed E-state index contributed by atoms with van der Waals surface area (Å²) in [6.07, 6.45) is 6.74. The first-order valence-electron chi connectivity index (χ1n) is 10.7. The van der Waals surface area contributed by atoms with Crippen LogP contribution >= 0.6 is 0 Å². The number of carbonyl (C=O) groups excluding carboxylic acids is 1. The Bertz CT molecular complexity index is 1040. The Morgan fingerprint density at radius 3 is 2.13 bits per heavy atom. The van der Waals surface area contributed by atoms with Gasteiger partial charge in [-0.15, -0.1) is 5.10 Å². The van der Waals surface area contributed by atoms with Gasteiger partial charge < -0.3 is 4.42 Å². The highest BCUT2D eigenvalue weighted by molar-refractivity contribution is 7.92. The number of hydrogen-bond acceptors (Lipinski definition) is 6. The summed E-state index contributed by atoms with van der Waals surface area (Å²) >= 11 is 0. The fourth-order valence-electron chi connectivity index (χ4n) is 6.07. The van der Waals surface area contributed by atoms with Crippen LogP contribution in [-0.2, 0) is 14.6 Å². The maximum Gasteiger partial charge on any atom is 0.322 e. The Balaban J connectivity index is 1.31. The number of benzene rings is 1. The van der Waals surface area contributed by atoms with Crippen molar-refractivity contribution < 1.29 is 17.6 Å². The highest BCUT2D eigenvalue weighted by atomic mass is 32.2. The van der Waals surface area contributed by atoms with E-state index in [-0.39, 0.29) is 28.1 Å². The van der Waals surface area contributed by atoms with Crippen LogP contribution in [0.4, 0.5) is 6.01 Å². The Hall–Kier alpha value is -2.22. The zero-order valence-electron chi connectivity index (χ0n) is 17.3. The van der Waals surface area contributed by atoms with Crippen molar-refractivity contribution in [1.82, 2.24) is 10.2 Å². The molecule has 4 aliphatic carbocycles. The summed E-state index contributed by atoms with van der Waals surface area (Å²) in [4.78, 5) is 13.4. The second-order valence-corrected chi connectivity index (χ2v) is 12.2. The van der Waals surface area contributed by atoms with Crippen molar-refractivity contribution in [1.29, 1.82) is 0 Å². The Labute approximate surface area is 176 Å². The van der Waals surface area contributed by atoms with Gasteiger partial charge in [0.25, 0.3) is 0 Å². The summed E-state index contributed by atoms with van der Waals surface area (Å²) in [6, 6.07) is 6.48. The number of sulfone groups is 1. The molecule has 1 heterocycles. The molecule has 1 aromatic carbocycles. The van der Waals surface area contributed by atoms with Crippen molar-refractivity contribution in [3.63, 3.8) is 0 Å². The number of nitrogens with zero attached hydrogens (tertiary/aromatic N) is 2. The van der Waals surface area contributed by atoms with E-state index in [2.05, 4.69) is 15.5 Å². The molecule has 2 aromatic rings. The molecule has 8 heteroatoms. The van der Waals surface area contributed by atoms with Gasteiger partial charge in [0.05, 0.1) is 15.6 Å². The molecule has 4 bridgehead atoms. The number of rotatable bonds is 5.